The summed E-state index contributed by atoms with van der Waals surface area (Å²) in [6.45, 7) is 1.69. The Morgan fingerprint density at radius 1 is 1.40 bits per heavy atom. The van der Waals surface area contributed by atoms with Crippen molar-refractivity contribution in [3.63, 3.8) is 0 Å². The number of ether oxygens (including phenoxy) is 2. The van der Waals surface area contributed by atoms with Crippen molar-refractivity contribution in [3.8, 4) is 17.7 Å². The lowest BCUT2D eigenvalue weighted by molar-refractivity contribution is -0.220. The molecule has 0 amide bonds. The number of nitriles is 1. The quantitative estimate of drug-likeness (QED) is 0.864. The molecule has 2 N–H and O–H groups in total. The number of benzene rings is 1. The Morgan fingerprint density at radius 2 is 2.20 bits per heavy atom. The Kier molecular flexibility index (Phi) is 3.34. The van der Waals surface area contributed by atoms with Crippen molar-refractivity contribution in [3.05, 3.63) is 51.8 Å². The fraction of sp³-hybridized carbons (Fsp3) is 0.389. The van der Waals surface area contributed by atoms with Gasteiger partial charge in [0.1, 0.15) is 17.0 Å². The van der Waals surface area contributed by atoms with Crippen LogP contribution >= 0.6 is 0 Å². The summed E-state index contributed by atoms with van der Waals surface area (Å²) in [5, 5.41) is 26.7. The maximum atomic E-state index is 11.3. The van der Waals surface area contributed by atoms with Gasteiger partial charge in [0, 0.05) is 17.7 Å². The zero-order chi connectivity index (χ0) is 17.7. The molecule has 1 aromatic heterocycles. The molecule has 1 spiro atoms. The smallest absolute Gasteiger partial charge is 0.264 e. The van der Waals surface area contributed by atoms with Gasteiger partial charge >= 0.3 is 0 Å². The molecule has 2 atom stereocenters. The second-order valence-corrected chi connectivity index (χ2v) is 6.72. The molecule has 7 nitrogen and oxygen atoms in total. The van der Waals surface area contributed by atoms with Crippen LogP contribution in [0.1, 0.15) is 43.4 Å². The molecule has 2 aliphatic rings. The van der Waals surface area contributed by atoms with E-state index in [-0.39, 0.29) is 11.4 Å². The highest BCUT2D eigenvalue weighted by atomic mass is 16.6. The lowest BCUT2D eigenvalue weighted by Crippen LogP contribution is -2.66. The zero-order valence-corrected chi connectivity index (χ0v) is 13.7. The van der Waals surface area contributed by atoms with Crippen LogP contribution < -0.4 is 15.0 Å². The van der Waals surface area contributed by atoms with Crippen molar-refractivity contribution >= 4 is 0 Å². The molecule has 2 aromatic rings. The summed E-state index contributed by atoms with van der Waals surface area (Å²) in [4.78, 5) is 11.2. The van der Waals surface area contributed by atoms with Crippen LogP contribution in [0.4, 0.5) is 0 Å². The van der Waals surface area contributed by atoms with E-state index >= 15 is 0 Å². The van der Waals surface area contributed by atoms with Gasteiger partial charge in [-0.25, -0.2) is 5.10 Å². The van der Waals surface area contributed by atoms with E-state index < -0.39 is 17.3 Å². The SMILES string of the molecule is CC1(O)C(Oc2ccc(=O)[nH]n2)c2cc(C#N)ccc2OC12CCC2. The van der Waals surface area contributed by atoms with Crippen LogP contribution in [0.15, 0.2) is 35.1 Å². The highest BCUT2D eigenvalue weighted by molar-refractivity contribution is 5.47. The number of aliphatic hydroxyl groups is 1. The van der Waals surface area contributed by atoms with Crippen molar-refractivity contribution in [1.82, 2.24) is 10.2 Å². The predicted molar refractivity (Wildman–Crippen MR) is 87.2 cm³/mol. The number of H-pyrrole nitrogens is 1. The molecule has 1 aromatic carbocycles. The minimum atomic E-state index is -1.32. The maximum absolute atomic E-state index is 11.3. The molecule has 2 unspecified atom stereocenters. The number of rotatable bonds is 2. The van der Waals surface area contributed by atoms with Gasteiger partial charge < -0.3 is 14.6 Å². The lowest BCUT2D eigenvalue weighted by atomic mass is 9.64. The standard InChI is InChI=1S/C18H17N3O4/c1-17(23)16(24-15-6-5-14(22)20-21-15)12-9-11(10-19)3-4-13(12)25-18(17)7-2-8-18/h3-6,9,16,23H,2,7-8H2,1H3,(H,20,22). The van der Waals surface area contributed by atoms with Crippen LogP contribution in [-0.4, -0.2) is 26.5 Å². The number of aromatic nitrogens is 2. The molecule has 128 valence electrons. The van der Waals surface area contributed by atoms with Gasteiger partial charge in [0.05, 0.1) is 11.6 Å². The average molecular weight is 339 g/mol. The molecule has 0 radical (unpaired) electrons. The molecule has 25 heavy (non-hydrogen) atoms. The molecular formula is C18H17N3O4. The highest BCUT2D eigenvalue weighted by Gasteiger charge is 2.62. The summed E-state index contributed by atoms with van der Waals surface area (Å²) < 4.78 is 12.1. The Morgan fingerprint density at radius 3 is 2.80 bits per heavy atom. The van der Waals surface area contributed by atoms with Gasteiger partial charge in [0.25, 0.3) is 5.56 Å². The van der Waals surface area contributed by atoms with Gasteiger partial charge in [0.15, 0.2) is 6.10 Å². The molecule has 7 heteroatoms. The Bertz CT molecular complexity index is 904. The summed E-state index contributed by atoms with van der Waals surface area (Å²) in [6, 6.07) is 9.92. The zero-order valence-electron chi connectivity index (χ0n) is 13.7. The fourth-order valence-corrected chi connectivity index (χ4v) is 3.57. The number of hydrogen-bond donors (Lipinski definition) is 2. The third kappa shape index (κ3) is 2.29. The van der Waals surface area contributed by atoms with E-state index in [1.807, 2.05) is 0 Å². The van der Waals surface area contributed by atoms with Crippen LogP contribution in [0.25, 0.3) is 0 Å². The molecule has 2 heterocycles. The van der Waals surface area contributed by atoms with Crippen molar-refractivity contribution in [2.75, 3.05) is 0 Å². The van der Waals surface area contributed by atoms with Crippen molar-refractivity contribution < 1.29 is 14.6 Å². The fourth-order valence-electron chi connectivity index (χ4n) is 3.57. The number of hydrogen-bond acceptors (Lipinski definition) is 6. The number of nitrogens with one attached hydrogen (secondary N) is 1. The van der Waals surface area contributed by atoms with Crippen LogP contribution in [0, 0.1) is 11.3 Å². The summed E-state index contributed by atoms with van der Waals surface area (Å²) in [5.74, 6) is 0.786. The van der Waals surface area contributed by atoms with E-state index in [2.05, 4.69) is 16.3 Å². The first kappa shape index (κ1) is 15.7. The van der Waals surface area contributed by atoms with Gasteiger partial charge in [-0.3, -0.25) is 4.79 Å². The van der Waals surface area contributed by atoms with Crippen LogP contribution in [0.2, 0.25) is 0 Å². The molecule has 1 fully saturated rings. The molecule has 1 aliphatic carbocycles. The monoisotopic (exact) mass is 339 g/mol. The van der Waals surface area contributed by atoms with Crippen LogP contribution in [-0.2, 0) is 0 Å². The van der Waals surface area contributed by atoms with Gasteiger partial charge in [-0.15, -0.1) is 5.10 Å². The normalized spacial score (nSPS) is 26.0. The second kappa shape index (κ2) is 5.33. The Hall–Kier alpha value is -2.85. The molecule has 4 rings (SSSR count). The first-order valence-corrected chi connectivity index (χ1v) is 8.13. The molecule has 0 saturated heterocycles. The summed E-state index contributed by atoms with van der Waals surface area (Å²) >= 11 is 0. The van der Waals surface area contributed by atoms with Crippen LogP contribution in [0.3, 0.4) is 0 Å². The largest absolute Gasteiger partial charge is 0.484 e. The third-order valence-corrected chi connectivity index (χ3v) is 5.21. The predicted octanol–water partition coefficient (Wildman–Crippen LogP) is 1.83. The van der Waals surface area contributed by atoms with E-state index in [9.17, 15) is 15.2 Å². The molecule has 0 bridgehead atoms. The van der Waals surface area contributed by atoms with Gasteiger partial charge in [-0.05, 0) is 44.4 Å². The highest BCUT2D eigenvalue weighted by Crippen LogP contribution is 2.55. The van der Waals surface area contributed by atoms with Crippen molar-refractivity contribution in [2.45, 2.75) is 43.5 Å². The van der Waals surface area contributed by atoms with E-state index in [0.29, 0.717) is 16.9 Å². The molecule has 1 aliphatic heterocycles. The first-order chi connectivity index (χ1) is 11.9. The third-order valence-electron chi connectivity index (χ3n) is 5.21. The van der Waals surface area contributed by atoms with E-state index in [0.717, 1.165) is 19.3 Å². The van der Waals surface area contributed by atoms with Gasteiger partial charge in [-0.1, -0.05) is 0 Å². The number of aromatic amines is 1. The number of nitrogens with zero attached hydrogens (tertiary/aromatic N) is 2. The van der Waals surface area contributed by atoms with E-state index in [4.69, 9.17) is 9.47 Å². The maximum Gasteiger partial charge on any atom is 0.264 e. The minimum absolute atomic E-state index is 0.189. The van der Waals surface area contributed by atoms with Gasteiger partial charge in [-0.2, -0.15) is 5.26 Å². The average Bonchev–Trinajstić information content (AvgIpc) is 2.56. The first-order valence-electron chi connectivity index (χ1n) is 8.13. The van der Waals surface area contributed by atoms with E-state index in [1.54, 1.807) is 25.1 Å². The Labute approximate surface area is 143 Å². The van der Waals surface area contributed by atoms with Crippen molar-refractivity contribution in [1.29, 1.82) is 5.26 Å². The lowest BCUT2D eigenvalue weighted by Gasteiger charge is -2.56. The topological polar surface area (TPSA) is 108 Å². The Balaban J connectivity index is 1.82. The molecular weight excluding hydrogens is 322 g/mol. The number of fused-ring (bicyclic) bond motifs is 1. The van der Waals surface area contributed by atoms with E-state index in [1.165, 1.54) is 12.1 Å². The molecule has 1 saturated carbocycles. The minimum Gasteiger partial charge on any atom is -0.484 e. The van der Waals surface area contributed by atoms with Crippen molar-refractivity contribution in [2.24, 2.45) is 0 Å². The summed E-state index contributed by atoms with van der Waals surface area (Å²) in [6.07, 6.45) is 1.63. The second-order valence-electron chi connectivity index (χ2n) is 6.72. The summed E-state index contributed by atoms with van der Waals surface area (Å²) in [5.41, 5.74) is -1.33. The van der Waals surface area contributed by atoms with Gasteiger partial charge in [0.2, 0.25) is 5.88 Å². The van der Waals surface area contributed by atoms with Crippen LogP contribution in [0.5, 0.6) is 11.6 Å². The summed E-state index contributed by atoms with van der Waals surface area (Å²) in [7, 11) is 0.